The lowest BCUT2D eigenvalue weighted by Crippen LogP contribution is -1.95. The maximum Gasteiger partial charge on any atom is 0.120 e. The van der Waals surface area contributed by atoms with E-state index in [4.69, 9.17) is 0 Å². The fraction of sp³-hybridized carbons (Fsp3) is 0.222. The maximum absolute atomic E-state index is 10.6. The second-order valence-corrected chi connectivity index (χ2v) is 4.72. The van der Waals surface area contributed by atoms with E-state index in [0.717, 1.165) is 36.5 Å². The van der Waals surface area contributed by atoms with E-state index >= 15 is 0 Å². The van der Waals surface area contributed by atoms with Gasteiger partial charge in [-0.1, -0.05) is 48.5 Å². The molecule has 0 aliphatic rings. The highest BCUT2D eigenvalue weighted by molar-refractivity contribution is 5.71. The molecule has 0 N–H and O–H groups in total. The lowest BCUT2D eigenvalue weighted by molar-refractivity contribution is -0.108. The van der Waals surface area contributed by atoms with Crippen molar-refractivity contribution in [2.45, 2.75) is 25.7 Å². The molecule has 0 fully saturated rings. The molecule has 0 heterocycles. The van der Waals surface area contributed by atoms with E-state index in [-0.39, 0.29) is 0 Å². The zero-order chi connectivity index (χ0) is 14.2. The van der Waals surface area contributed by atoms with Crippen molar-refractivity contribution in [1.82, 2.24) is 0 Å². The van der Waals surface area contributed by atoms with Gasteiger partial charge in [0.05, 0.1) is 0 Å². The molecule has 0 unspecified atom stereocenters. The summed E-state index contributed by atoms with van der Waals surface area (Å²) in [7, 11) is 0. The molecule has 0 amide bonds. The van der Waals surface area contributed by atoms with Crippen molar-refractivity contribution in [2.75, 3.05) is 0 Å². The Bertz CT molecular complexity index is 534. The number of aryl methyl sites for hydroxylation is 2. The Labute approximate surface area is 119 Å². The second-order valence-electron chi connectivity index (χ2n) is 4.72. The van der Waals surface area contributed by atoms with Crippen LogP contribution in [0.1, 0.15) is 24.0 Å². The van der Waals surface area contributed by atoms with Crippen molar-refractivity contribution in [3.8, 4) is 11.1 Å². The largest absolute Gasteiger partial charge is 0.303 e. The van der Waals surface area contributed by atoms with Gasteiger partial charge in [0.1, 0.15) is 12.6 Å². The monoisotopic (exact) mass is 266 g/mol. The molecule has 0 spiro atoms. The Morgan fingerprint density at radius 2 is 1.05 bits per heavy atom. The molecule has 0 saturated heterocycles. The van der Waals surface area contributed by atoms with Crippen LogP contribution in [0.5, 0.6) is 0 Å². The third-order valence-corrected chi connectivity index (χ3v) is 3.39. The number of hydrogen-bond donors (Lipinski definition) is 0. The summed E-state index contributed by atoms with van der Waals surface area (Å²) in [6.07, 6.45) is 4.48. The molecule has 102 valence electrons. The van der Waals surface area contributed by atoms with Crippen molar-refractivity contribution in [1.29, 1.82) is 0 Å². The Balaban J connectivity index is 2.40. The van der Waals surface area contributed by atoms with Gasteiger partial charge in [0.25, 0.3) is 0 Å². The Hall–Kier alpha value is -2.22. The fourth-order valence-corrected chi connectivity index (χ4v) is 2.43. The molecule has 2 aromatic carbocycles. The van der Waals surface area contributed by atoms with Gasteiger partial charge in [0, 0.05) is 12.8 Å². The van der Waals surface area contributed by atoms with Crippen LogP contribution in [0.2, 0.25) is 0 Å². The van der Waals surface area contributed by atoms with Crippen LogP contribution in [-0.2, 0) is 22.4 Å². The molecular weight excluding hydrogens is 248 g/mol. The van der Waals surface area contributed by atoms with Gasteiger partial charge in [0.2, 0.25) is 0 Å². The highest BCUT2D eigenvalue weighted by Crippen LogP contribution is 2.28. The van der Waals surface area contributed by atoms with E-state index in [1.54, 1.807) is 0 Å². The maximum atomic E-state index is 10.6. The number of hydrogen-bond acceptors (Lipinski definition) is 2. The second kappa shape index (κ2) is 7.39. The summed E-state index contributed by atoms with van der Waals surface area (Å²) in [6.45, 7) is 0. The van der Waals surface area contributed by atoms with Gasteiger partial charge in [-0.05, 0) is 35.1 Å². The van der Waals surface area contributed by atoms with Crippen molar-refractivity contribution >= 4 is 12.6 Å². The molecule has 0 radical (unpaired) electrons. The first kappa shape index (κ1) is 14.2. The molecule has 0 bridgehead atoms. The summed E-state index contributed by atoms with van der Waals surface area (Å²) in [5, 5.41) is 0. The van der Waals surface area contributed by atoms with Gasteiger partial charge >= 0.3 is 0 Å². The van der Waals surface area contributed by atoms with Crippen molar-refractivity contribution in [2.24, 2.45) is 0 Å². The molecule has 2 aromatic rings. The van der Waals surface area contributed by atoms with E-state index in [0.29, 0.717) is 12.8 Å². The van der Waals surface area contributed by atoms with E-state index < -0.39 is 0 Å². The number of carbonyl (C=O) groups is 2. The van der Waals surface area contributed by atoms with Gasteiger partial charge in [-0.25, -0.2) is 0 Å². The van der Waals surface area contributed by atoms with E-state index in [1.807, 2.05) is 24.3 Å². The van der Waals surface area contributed by atoms with Crippen LogP contribution in [0.15, 0.2) is 48.5 Å². The smallest absolute Gasteiger partial charge is 0.120 e. The predicted molar refractivity (Wildman–Crippen MR) is 80.6 cm³/mol. The first-order chi connectivity index (χ1) is 9.86. The molecule has 0 aromatic heterocycles. The minimum absolute atomic E-state index is 0.535. The summed E-state index contributed by atoms with van der Waals surface area (Å²) >= 11 is 0. The van der Waals surface area contributed by atoms with Crippen LogP contribution in [0.3, 0.4) is 0 Å². The molecule has 0 aliphatic heterocycles. The van der Waals surface area contributed by atoms with Gasteiger partial charge in [-0.2, -0.15) is 0 Å². The molecule has 2 heteroatoms. The third kappa shape index (κ3) is 3.41. The van der Waals surface area contributed by atoms with Crippen molar-refractivity contribution in [3.63, 3.8) is 0 Å². The zero-order valence-electron chi connectivity index (χ0n) is 11.4. The standard InChI is InChI=1S/C18H18O2/c19-13-5-9-15-7-1-3-11-17(15)18-12-4-2-8-16(18)10-6-14-20/h1-4,7-8,11-14H,5-6,9-10H2. The molecule has 2 nitrogen and oxygen atoms in total. The van der Waals surface area contributed by atoms with E-state index in [2.05, 4.69) is 24.3 Å². The van der Waals surface area contributed by atoms with Crippen LogP contribution < -0.4 is 0 Å². The first-order valence-corrected chi connectivity index (χ1v) is 6.90. The Morgan fingerprint density at radius 1 is 0.650 bits per heavy atom. The summed E-state index contributed by atoms with van der Waals surface area (Å²) in [4.78, 5) is 21.2. The van der Waals surface area contributed by atoms with Gasteiger partial charge in [0.15, 0.2) is 0 Å². The average Bonchev–Trinajstić information content (AvgIpc) is 2.51. The predicted octanol–water partition coefficient (Wildman–Crippen LogP) is 3.62. The molecule has 20 heavy (non-hydrogen) atoms. The van der Waals surface area contributed by atoms with Crippen molar-refractivity contribution in [3.05, 3.63) is 59.7 Å². The molecule has 0 atom stereocenters. The summed E-state index contributed by atoms with van der Waals surface area (Å²) in [5.41, 5.74) is 4.68. The Morgan fingerprint density at radius 3 is 1.45 bits per heavy atom. The van der Waals surface area contributed by atoms with E-state index in [1.165, 1.54) is 11.1 Å². The summed E-state index contributed by atoms with van der Waals surface area (Å²) in [6, 6.07) is 16.3. The third-order valence-electron chi connectivity index (χ3n) is 3.39. The normalized spacial score (nSPS) is 10.2. The highest BCUT2D eigenvalue weighted by atomic mass is 16.1. The van der Waals surface area contributed by atoms with Crippen LogP contribution in [0, 0.1) is 0 Å². The minimum atomic E-state index is 0.535. The zero-order valence-corrected chi connectivity index (χ0v) is 11.4. The molecule has 2 rings (SSSR count). The minimum Gasteiger partial charge on any atom is -0.303 e. The fourth-order valence-electron chi connectivity index (χ4n) is 2.43. The lowest BCUT2D eigenvalue weighted by atomic mass is 9.92. The average molecular weight is 266 g/mol. The van der Waals surface area contributed by atoms with Gasteiger partial charge < -0.3 is 9.59 Å². The number of benzene rings is 2. The van der Waals surface area contributed by atoms with Gasteiger partial charge in [-0.3, -0.25) is 0 Å². The number of rotatable bonds is 7. The first-order valence-electron chi connectivity index (χ1n) is 6.90. The molecular formula is C18H18O2. The molecule has 0 aliphatic carbocycles. The van der Waals surface area contributed by atoms with Crippen molar-refractivity contribution < 1.29 is 9.59 Å². The SMILES string of the molecule is O=CCCc1ccccc1-c1ccccc1CCC=O. The number of carbonyl (C=O) groups excluding carboxylic acids is 2. The van der Waals surface area contributed by atoms with E-state index in [9.17, 15) is 9.59 Å². The van der Waals surface area contributed by atoms with Crippen LogP contribution in [0.25, 0.3) is 11.1 Å². The summed E-state index contributed by atoms with van der Waals surface area (Å²) < 4.78 is 0. The Kier molecular flexibility index (Phi) is 5.24. The topological polar surface area (TPSA) is 34.1 Å². The van der Waals surface area contributed by atoms with Crippen LogP contribution in [-0.4, -0.2) is 12.6 Å². The number of aldehydes is 2. The quantitative estimate of drug-likeness (QED) is 0.717. The van der Waals surface area contributed by atoms with Crippen LogP contribution in [0.4, 0.5) is 0 Å². The van der Waals surface area contributed by atoms with Crippen LogP contribution >= 0.6 is 0 Å². The molecule has 0 saturated carbocycles. The lowest BCUT2D eigenvalue weighted by Gasteiger charge is -2.13. The van der Waals surface area contributed by atoms with Gasteiger partial charge in [-0.15, -0.1) is 0 Å². The summed E-state index contributed by atoms with van der Waals surface area (Å²) in [5.74, 6) is 0. The highest BCUT2D eigenvalue weighted by Gasteiger charge is 2.08.